The first-order valence-corrected chi connectivity index (χ1v) is 9.49. The Balaban J connectivity index is 0.000000286. The van der Waals surface area contributed by atoms with Crippen molar-refractivity contribution in [2.24, 2.45) is 11.8 Å². The molecule has 3 aliphatic rings. The van der Waals surface area contributed by atoms with Crippen molar-refractivity contribution in [2.75, 3.05) is 26.2 Å². The zero-order chi connectivity index (χ0) is 18.5. The summed E-state index contributed by atoms with van der Waals surface area (Å²) in [6.07, 6.45) is 6.08. The van der Waals surface area contributed by atoms with E-state index < -0.39 is 11.9 Å². The van der Waals surface area contributed by atoms with Crippen molar-refractivity contribution in [1.82, 2.24) is 9.80 Å². The van der Waals surface area contributed by atoms with Gasteiger partial charge in [0.2, 0.25) is 0 Å². The highest BCUT2D eigenvalue weighted by Crippen LogP contribution is 2.46. The largest absolute Gasteiger partial charge is 0.473 e. The fourth-order valence-electron chi connectivity index (χ4n) is 4.75. The summed E-state index contributed by atoms with van der Waals surface area (Å²) in [5, 5.41) is 14.8. The molecule has 1 aliphatic heterocycles. The summed E-state index contributed by atoms with van der Waals surface area (Å²) in [5.41, 5.74) is 1.46. The Morgan fingerprint density at radius 2 is 1.58 bits per heavy atom. The molecule has 3 unspecified atom stereocenters. The molecule has 1 heterocycles. The van der Waals surface area contributed by atoms with Crippen LogP contribution in [0.2, 0.25) is 0 Å². The molecule has 2 N–H and O–H groups in total. The number of piperazine rings is 1. The van der Waals surface area contributed by atoms with Crippen LogP contribution in [-0.2, 0) is 16.1 Å². The van der Waals surface area contributed by atoms with Crippen molar-refractivity contribution in [1.29, 1.82) is 0 Å². The van der Waals surface area contributed by atoms with Gasteiger partial charge in [-0.2, -0.15) is 0 Å². The van der Waals surface area contributed by atoms with Gasteiger partial charge in [0.05, 0.1) is 0 Å². The van der Waals surface area contributed by atoms with Gasteiger partial charge in [0, 0.05) is 38.8 Å². The Morgan fingerprint density at radius 3 is 2.08 bits per heavy atom. The highest BCUT2D eigenvalue weighted by Gasteiger charge is 2.42. The second kappa shape index (κ2) is 8.64. The number of carboxylic acid groups (broad SMARTS) is 2. The third kappa shape index (κ3) is 4.83. The Labute approximate surface area is 154 Å². The maximum Gasteiger partial charge on any atom is 0.414 e. The predicted octanol–water partition coefficient (Wildman–Crippen LogP) is 2.15. The smallest absolute Gasteiger partial charge is 0.414 e. The number of fused-ring (bicyclic) bond motifs is 2. The molecule has 1 aromatic rings. The zero-order valence-electron chi connectivity index (χ0n) is 15.1. The molecule has 0 radical (unpaired) electrons. The quantitative estimate of drug-likeness (QED) is 0.804. The maximum absolute atomic E-state index is 9.10. The van der Waals surface area contributed by atoms with E-state index in [9.17, 15) is 0 Å². The molecule has 0 aromatic heterocycles. The van der Waals surface area contributed by atoms with E-state index in [4.69, 9.17) is 19.8 Å². The van der Waals surface area contributed by atoms with Crippen molar-refractivity contribution in [3.05, 3.63) is 35.9 Å². The lowest BCUT2D eigenvalue weighted by molar-refractivity contribution is -0.159. The number of aliphatic carboxylic acids is 2. The Bertz CT molecular complexity index is 601. The number of carbonyl (C=O) groups is 2. The van der Waals surface area contributed by atoms with E-state index in [1.165, 1.54) is 57.4 Å². The fourth-order valence-corrected chi connectivity index (χ4v) is 4.75. The average molecular weight is 360 g/mol. The molecular weight excluding hydrogens is 332 g/mol. The van der Waals surface area contributed by atoms with Crippen molar-refractivity contribution in [2.45, 2.75) is 38.3 Å². The lowest BCUT2D eigenvalue weighted by Crippen LogP contribution is -2.51. The third-order valence-electron chi connectivity index (χ3n) is 6.01. The average Bonchev–Trinajstić information content (AvgIpc) is 3.27. The number of hydrogen-bond donors (Lipinski definition) is 2. The highest BCUT2D eigenvalue weighted by atomic mass is 16.4. The molecule has 142 valence electrons. The molecule has 4 rings (SSSR count). The third-order valence-corrected chi connectivity index (χ3v) is 6.01. The SMILES string of the molecule is O=C(O)C(=O)O.c1ccc(CN2CCN(C3CC4CCC3C4)CC2)cc1. The molecular formula is C20H28N2O4. The summed E-state index contributed by atoms with van der Waals surface area (Å²) in [6.45, 7) is 6.22. The minimum absolute atomic E-state index is 0.938. The van der Waals surface area contributed by atoms with E-state index >= 15 is 0 Å². The van der Waals surface area contributed by atoms with Crippen LogP contribution in [0.25, 0.3) is 0 Å². The predicted molar refractivity (Wildman–Crippen MR) is 97.8 cm³/mol. The van der Waals surface area contributed by atoms with Crippen LogP contribution in [0.5, 0.6) is 0 Å². The monoisotopic (exact) mass is 360 g/mol. The number of benzene rings is 1. The zero-order valence-corrected chi connectivity index (χ0v) is 15.1. The summed E-state index contributed by atoms with van der Waals surface area (Å²) in [7, 11) is 0. The fraction of sp³-hybridized carbons (Fsp3) is 0.600. The van der Waals surface area contributed by atoms with Crippen LogP contribution in [0.3, 0.4) is 0 Å². The van der Waals surface area contributed by atoms with Crippen LogP contribution in [0.1, 0.15) is 31.2 Å². The van der Waals surface area contributed by atoms with Gasteiger partial charge in [-0.3, -0.25) is 9.80 Å². The van der Waals surface area contributed by atoms with Gasteiger partial charge in [-0.1, -0.05) is 36.8 Å². The molecule has 3 fully saturated rings. The maximum atomic E-state index is 9.10. The summed E-state index contributed by atoms with van der Waals surface area (Å²) in [6, 6.07) is 11.9. The topological polar surface area (TPSA) is 81.1 Å². The summed E-state index contributed by atoms with van der Waals surface area (Å²) < 4.78 is 0. The van der Waals surface area contributed by atoms with Crippen LogP contribution in [0, 0.1) is 11.8 Å². The lowest BCUT2D eigenvalue weighted by Gasteiger charge is -2.41. The summed E-state index contributed by atoms with van der Waals surface area (Å²) in [4.78, 5) is 23.6. The van der Waals surface area contributed by atoms with Crippen LogP contribution in [-0.4, -0.2) is 64.2 Å². The van der Waals surface area contributed by atoms with E-state index in [0.717, 1.165) is 24.4 Å². The molecule has 6 nitrogen and oxygen atoms in total. The number of carboxylic acids is 2. The second-order valence-corrected chi connectivity index (χ2v) is 7.65. The number of rotatable bonds is 3. The first-order valence-electron chi connectivity index (χ1n) is 9.49. The van der Waals surface area contributed by atoms with Gasteiger partial charge in [0.25, 0.3) is 0 Å². The molecule has 0 amide bonds. The molecule has 26 heavy (non-hydrogen) atoms. The summed E-state index contributed by atoms with van der Waals surface area (Å²) >= 11 is 0. The van der Waals surface area contributed by atoms with Crippen molar-refractivity contribution < 1.29 is 19.8 Å². The Hall–Kier alpha value is -1.92. The van der Waals surface area contributed by atoms with Crippen LogP contribution in [0.4, 0.5) is 0 Å². The van der Waals surface area contributed by atoms with Crippen molar-refractivity contribution in [3.63, 3.8) is 0 Å². The van der Waals surface area contributed by atoms with Crippen LogP contribution >= 0.6 is 0 Å². The Morgan fingerprint density at radius 1 is 0.923 bits per heavy atom. The van der Waals surface area contributed by atoms with Gasteiger partial charge >= 0.3 is 11.9 Å². The standard InChI is InChI=1S/C18H26N2.C2H2O4/c1-2-4-15(5-3-1)14-19-8-10-20(11-9-19)18-13-16-6-7-17(18)12-16;3-1(4)2(5)6/h1-5,16-18H,6-14H2;(H,3,4)(H,5,6). The number of nitrogens with zero attached hydrogens (tertiary/aromatic N) is 2. The van der Waals surface area contributed by atoms with E-state index in [1.807, 2.05) is 0 Å². The van der Waals surface area contributed by atoms with Gasteiger partial charge in [-0.15, -0.1) is 0 Å². The first kappa shape index (κ1) is 18.9. The molecule has 2 saturated carbocycles. The van der Waals surface area contributed by atoms with Gasteiger partial charge < -0.3 is 10.2 Å². The van der Waals surface area contributed by atoms with Gasteiger partial charge in [-0.25, -0.2) is 9.59 Å². The molecule has 3 atom stereocenters. The van der Waals surface area contributed by atoms with Gasteiger partial charge in [-0.05, 0) is 36.7 Å². The molecule has 0 spiro atoms. The summed E-state index contributed by atoms with van der Waals surface area (Å²) in [5.74, 6) is -1.53. The normalized spacial score (nSPS) is 28.4. The molecule has 1 aromatic carbocycles. The van der Waals surface area contributed by atoms with E-state index in [-0.39, 0.29) is 0 Å². The van der Waals surface area contributed by atoms with E-state index in [0.29, 0.717) is 0 Å². The first-order chi connectivity index (χ1) is 12.5. The highest BCUT2D eigenvalue weighted by molar-refractivity contribution is 6.27. The van der Waals surface area contributed by atoms with Gasteiger partial charge in [0.15, 0.2) is 0 Å². The van der Waals surface area contributed by atoms with E-state index in [2.05, 4.69) is 40.1 Å². The van der Waals surface area contributed by atoms with Gasteiger partial charge in [0.1, 0.15) is 0 Å². The molecule has 1 saturated heterocycles. The van der Waals surface area contributed by atoms with Crippen molar-refractivity contribution >= 4 is 11.9 Å². The Kier molecular flexibility index (Phi) is 6.27. The number of hydrogen-bond acceptors (Lipinski definition) is 4. The van der Waals surface area contributed by atoms with Crippen molar-refractivity contribution in [3.8, 4) is 0 Å². The molecule has 6 heteroatoms. The lowest BCUT2D eigenvalue weighted by atomic mass is 9.93. The minimum atomic E-state index is -1.82. The minimum Gasteiger partial charge on any atom is -0.473 e. The van der Waals surface area contributed by atoms with Crippen LogP contribution < -0.4 is 0 Å². The molecule has 2 bridgehead atoms. The second-order valence-electron chi connectivity index (χ2n) is 7.65. The van der Waals surface area contributed by atoms with Crippen LogP contribution in [0.15, 0.2) is 30.3 Å². The van der Waals surface area contributed by atoms with E-state index in [1.54, 1.807) is 0 Å². The molecule has 2 aliphatic carbocycles.